The summed E-state index contributed by atoms with van der Waals surface area (Å²) in [7, 11) is 0. The number of hydrogen-bond donors (Lipinski definition) is 2. The van der Waals surface area contributed by atoms with Gasteiger partial charge in [-0.25, -0.2) is 0 Å². The molecule has 2 rings (SSSR count). The van der Waals surface area contributed by atoms with E-state index in [4.69, 9.17) is 5.11 Å². The second-order valence-corrected chi connectivity index (χ2v) is 5.63. The van der Waals surface area contributed by atoms with Gasteiger partial charge in [-0.2, -0.15) is 0 Å². The summed E-state index contributed by atoms with van der Waals surface area (Å²) >= 11 is 0. The molecule has 0 saturated carbocycles. The summed E-state index contributed by atoms with van der Waals surface area (Å²) in [6.07, 6.45) is 3.19. The highest BCUT2D eigenvalue weighted by Crippen LogP contribution is 2.18. The number of piperazine rings is 1. The number of aliphatic hydroxyl groups is 1. The van der Waals surface area contributed by atoms with E-state index in [1.54, 1.807) is 0 Å². The Morgan fingerprint density at radius 2 is 2.00 bits per heavy atom. The third-order valence-corrected chi connectivity index (χ3v) is 4.21. The van der Waals surface area contributed by atoms with E-state index in [1.165, 1.54) is 0 Å². The van der Waals surface area contributed by atoms with Gasteiger partial charge in [0.2, 0.25) is 11.8 Å². The molecule has 2 aliphatic heterocycles. The molecule has 2 fully saturated rings. The van der Waals surface area contributed by atoms with Crippen molar-refractivity contribution in [3.63, 3.8) is 0 Å². The van der Waals surface area contributed by atoms with Crippen LogP contribution in [0.3, 0.4) is 0 Å². The number of amides is 2. The molecule has 0 aromatic carbocycles. The van der Waals surface area contributed by atoms with E-state index in [2.05, 4.69) is 10.2 Å². The van der Waals surface area contributed by atoms with Gasteiger partial charge in [0.1, 0.15) is 0 Å². The van der Waals surface area contributed by atoms with Gasteiger partial charge in [-0.3, -0.25) is 14.5 Å². The molecule has 2 amide bonds. The summed E-state index contributed by atoms with van der Waals surface area (Å²) in [5.41, 5.74) is 0. The lowest BCUT2D eigenvalue weighted by atomic mass is 9.98. The summed E-state index contributed by atoms with van der Waals surface area (Å²) in [5, 5.41) is 11.8. The number of hydrogen-bond acceptors (Lipinski definition) is 4. The Balaban J connectivity index is 1.78. The molecule has 2 aliphatic rings. The molecule has 1 unspecified atom stereocenters. The fourth-order valence-electron chi connectivity index (χ4n) is 2.90. The second kappa shape index (κ2) is 7.59. The van der Waals surface area contributed by atoms with Crippen molar-refractivity contribution in [2.45, 2.75) is 25.7 Å². The fraction of sp³-hybridized carbons (Fsp3) is 0.857. The largest absolute Gasteiger partial charge is 0.395 e. The number of nitrogens with one attached hydrogen (secondary N) is 1. The van der Waals surface area contributed by atoms with Crippen molar-refractivity contribution in [3.8, 4) is 0 Å². The average Bonchev–Trinajstić information content (AvgIpc) is 2.65. The number of nitrogens with zero attached hydrogens (tertiary/aromatic N) is 2. The lowest BCUT2D eigenvalue weighted by Crippen LogP contribution is -2.50. The zero-order valence-electron chi connectivity index (χ0n) is 12.0. The van der Waals surface area contributed by atoms with Gasteiger partial charge >= 0.3 is 0 Å². The van der Waals surface area contributed by atoms with Crippen LogP contribution in [0.1, 0.15) is 25.7 Å². The molecule has 6 heteroatoms. The van der Waals surface area contributed by atoms with E-state index in [0.717, 1.165) is 38.9 Å². The Kier molecular flexibility index (Phi) is 5.79. The molecular weight excluding hydrogens is 258 g/mol. The second-order valence-electron chi connectivity index (χ2n) is 5.63. The predicted molar refractivity (Wildman–Crippen MR) is 75.1 cm³/mol. The van der Waals surface area contributed by atoms with Gasteiger partial charge in [-0.1, -0.05) is 6.42 Å². The maximum atomic E-state index is 12.3. The summed E-state index contributed by atoms with van der Waals surface area (Å²) in [5.74, 6) is -0.0223. The molecular formula is C14H25N3O3. The number of carbonyl (C=O) groups excluding carboxylic acids is 2. The van der Waals surface area contributed by atoms with Crippen molar-refractivity contribution >= 4 is 11.8 Å². The standard InChI is InChI=1S/C14H25N3O3/c18-10-9-16-5-7-17(8-6-16)13(19)11-12-3-1-2-4-15-14(12)20/h12,18H,1-11H2,(H,15,20). The van der Waals surface area contributed by atoms with Crippen LogP contribution in [0.5, 0.6) is 0 Å². The minimum Gasteiger partial charge on any atom is -0.395 e. The normalized spacial score (nSPS) is 25.1. The number of carbonyl (C=O) groups is 2. The summed E-state index contributed by atoms with van der Waals surface area (Å²) in [6.45, 7) is 4.60. The Bertz CT molecular complexity index is 341. The van der Waals surface area contributed by atoms with Crippen LogP contribution in [0.15, 0.2) is 0 Å². The maximum Gasteiger partial charge on any atom is 0.223 e. The van der Waals surface area contributed by atoms with Crippen LogP contribution in [-0.2, 0) is 9.59 Å². The Morgan fingerprint density at radius 1 is 1.25 bits per heavy atom. The van der Waals surface area contributed by atoms with Crippen molar-refractivity contribution in [1.29, 1.82) is 0 Å². The Hall–Kier alpha value is -1.14. The first-order chi connectivity index (χ1) is 9.70. The minimum absolute atomic E-state index is 0.0368. The third kappa shape index (κ3) is 4.18. The van der Waals surface area contributed by atoms with Gasteiger partial charge in [-0.15, -0.1) is 0 Å². The molecule has 0 aromatic rings. The highest BCUT2D eigenvalue weighted by atomic mass is 16.3. The molecule has 0 bridgehead atoms. The third-order valence-electron chi connectivity index (χ3n) is 4.21. The summed E-state index contributed by atoms with van der Waals surface area (Å²) in [6, 6.07) is 0. The van der Waals surface area contributed by atoms with Gasteiger partial charge in [0.15, 0.2) is 0 Å². The molecule has 6 nitrogen and oxygen atoms in total. The van der Waals surface area contributed by atoms with Crippen LogP contribution in [-0.4, -0.2) is 72.6 Å². The van der Waals surface area contributed by atoms with Gasteiger partial charge in [0, 0.05) is 51.6 Å². The zero-order chi connectivity index (χ0) is 14.4. The van der Waals surface area contributed by atoms with Crippen LogP contribution >= 0.6 is 0 Å². The van der Waals surface area contributed by atoms with Crippen molar-refractivity contribution in [2.75, 3.05) is 45.9 Å². The van der Waals surface area contributed by atoms with E-state index >= 15 is 0 Å². The molecule has 2 N–H and O–H groups in total. The minimum atomic E-state index is -0.152. The van der Waals surface area contributed by atoms with Crippen molar-refractivity contribution in [3.05, 3.63) is 0 Å². The topological polar surface area (TPSA) is 72.9 Å². The van der Waals surface area contributed by atoms with Gasteiger partial charge < -0.3 is 15.3 Å². The van der Waals surface area contributed by atoms with E-state index in [0.29, 0.717) is 26.1 Å². The quantitative estimate of drug-likeness (QED) is 0.725. The van der Waals surface area contributed by atoms with Crippen LogP contribution in [0.2, 0.25) is 0 Å². The molecule has 0 spiro atoms. The molecule has 2 saturated heterocycles. The highest BCUT2D eigenvalue weighted by molar-refractivity contribution is 5.86. The number of rotatable bonds is 4. The summed E-state index contributed by atoms with van der Waals surface area (Å²) < 4.78 is 0. The smallest absolute Gasteiger partial charge is 0.223 e. The molecule has 114 valence electrons. The number of β-amino-alcohol motifs (C(OH)–C–C–N with tert-alkyl or cyclic N) is 1. The van der Waals surface area contributed by atoms with Crippen molar-refractivity contribution in [1.82, 2.24) is 15.1 Å². The SMILES string of the molecule is O=C1NCCCCC1CC(=O)N1CCN(CCO)CC1. The van der Waals surface area contributed by atoms with E-state index in [9.17, 15) is 9.59 Å². The Labute approximate surface area is 120 Å². The molecule has 20 heavy (non-hydrogen) atoms. The van der Waals surface area contributed by atoms with E-state index in [1.807, 2.05) is 4.90 Å². The Morgan fingerprint density at radius 3 is 2.70 bits per heavy atom. The molecule has 0 aromatic heterocycles. The van der Waals surface area contributed by atoms with Crippen LogP contribution in [0.4, 0.5) is 0 Å². The monoisotopic (exact) mass is 283 g/mol. The average molecular weight is 283 g/mol. The van der Waals surface area contributed by atoms with Crippen molar-refractivity contribution in [2.24, 2.45) is 5.92 Å². The van der Waals surface area contributed by atoms with Crippen molar-refractivity contribution < 1.29 is 14.7 Å². The fourth-order valence-corrected chi connectivity index (χ4v) is 2.90. The van der Waals surface area contributed by atoms with Crippen LogP contribution in [0, 0.1) is 5.92 Å². The first kappa shape index (κ1) is 15.3. The summed E-state index contributed by atoms with van der Waals surface area (Å²) in [4.78, 5) is 28.1. The van der Waals surface area contributed by atoms with Crippen LogP contribution < -0.4 is 5.32 Å². The predicted octanol–water partition coefficient (Wildman–Crippen LogP) is -0.571. The molecule has 0 aliphatic carbocycles. The first-order valence-corrected chi connectivity index (χ1v) is 7.59. The first-order valence-electron chi connectivity index (χ1n) is 7.59. The lowest BCUT2D eigenvalue weighted by Gasteiger charge is -2.34. The molecule has 0 radical (unpaired) electrons. The van der Waals surface area contributed by atoms with E-state index in [-0.39, 0.29) is 24.3 Å². The molecule has 2 heterocycles. The van der Waals surface area contributed by atoms with Crippen LogP contribution in [0.25, 0.3) is 0 Å². The zero-order valence-corrected chi connectivity index (χ0v) is 12.0. The lowest BCUT2D eigenvalue weighted by molar-refractivity contribution is -0.137. The molecule has 1 atom stereocenters. The number of aliphatic hydroxyl groups excluding tert-OH is 1. The highest BCUT2D eigenvalue weighted by Gasteiger charge is 2.27. The maximum absolute atomic E-state index is 12.3. The van der Waals surface area contributed by atoms with E-state index < -0.39 is 0 Å². The van der Waals surface area contributed by atoms with Gasteiger partial charge in [0.25, 0.3) is 0 Å². The van der Waals surface area contributed by atoms with Gasteiger partial charge in [-0.05, 0) is 12.8 Å². The van der Waals surface area contributed by atoms with Gasteiger partial charge in [0.05, 0.1) is 6.61 Å².